The second kappa shape index (κ2) is 8.38. The zero-order valence-corrected chi connectivity index (χ0v) is 17.8. The van der Waals surface area contributed by atoms with Crippen molar-refractivity contribution in [3.63, 3.8) is 0 Å². The van der Waals surface area contributed by atoms with E-state index in [4.69, 9.17) is 11.6 Å². The highest BCUT2D eigenvalue weighted by Crippen LogP contribution is 2.38. The second-order valence-electron chi connectivity index (χ2n) is 6.86. The molecule has 4 aromatic rings. The van der Waals surface area contributed by atoms with E-state index in [2.05, 4.69) is 28.2 Å². The molecule has 0 spiro atoms. The molecule has 1 aliphatic heterocycles. The Morgan fingerprint density at radius 3 is 2.52 bits per heavy atom. The predicted octanol–water partition coefficient (Wildman–Crippen LogP) is 6.70. The third kappa shape index (κ3) is 3.85. The maximum Gasteiger partial charge on any atom is 0.271 e. The first kappa shape index (κ1) is 19.5. The number of carbonyl (C=O) groups is 1. The number of aromatic nitrogens is 1. The van der Waals surface area contributed by atoms with Crippen LogP contribution in [0, 0.1) is 0 Å². The normalized spacial score (nSPS) is 16.5. The van der Waals surface area contributed by atoms with Gasteiger partial charge in [-0.15, -0.1) is 0 Å². The number of nitrogens with zero attached hydrogens (tertiary/aromatic N) is 3. The van der Waals surface area contributed by atoms with Crippen LogP contribution in [0.3, 0.4) is 0 Å². The van der Waals surface area contributed by atoms with Crippen molar-refractivity contribution in [2.75, 3.05) is 4.90 Å². The maximum atomic E-state index is 13.4. The number of halogens is 1. The highest BCUT2D eigenvalue weighted by molar-refractivity contribution is 8.19. The van der Waals surface area contributed by atoms with Crippen LogP contribution in [0.25, 0.3) is 16.8 Å². The standard InChI is InChI=1S/C25H16ClN3OS/c26-23-21(14-7-15-27-23)28-25-29(19-11-2-1-3-12-19)24(30)22(31-25)16-18-10-6-9-17-8-4-5-13-20(17)18/h1-16H/b22-16-,28-25?. The van der Waals surface area contributed by atoms with Gasteiger partial charge < -0.3 is 0 Å². The van der Waals surface area contributed by atoms with Crippen molar-refractivity contribution in [2.24, 2.45) is 4.99 Å². The highest BCUT2D eigenvalue weighted by atomic mass is 35.5. The van der Waals surface area contributed by atoms with Gasteiger partial charge in [-0.1, -0.05) is 72.3 Å². The smallest absolute Gasteiger partial charge is 0.268 e. The van der Waals surface area contributed by atoms with E-state index in [-0.39, 0.29) is 5.91 Å². The average molecular weight is 442 g/mol. The van der Waals surface area contributed by atoms with Gasteiger partial charge >= 0.3 is 0 Å². The van der Waals surface area contributed by atoms with Gasteiger partial charge in [0.2, 0.25) is 0 Å². The molecule has 150 valence electrons. The molecule has 1 aromatic heterocycles. The molecule has 0 bridgehead atoms. The highest BCUT2D eigenvalue weighted by Gasteiger charge is 2.35. The van der Waals surface area contributed by atoms with Gasteiger partial charge in [0.05, 0.1) is 10.6 Å². The molecule has 0 N–H and O–H groups in total. The van der Waals surface area contributed by atoms with Crippen LogP contribution in [0.4, 0.5) is 11.4 Å². The summed E-state index contributed by atoms with van der Waals surface area (Å²) in [6.07, 6.45) is 3.54. The fraction of sp³-hybridized carbons (Fsp3) is 0. The number of amides is 1. The maximum absolute atomic E-state index is 13.4. The number of benzene rings is 3. The number of amidine groups is 1. The Labute approximate surface area is 188 Å². The van der Waals surface area contributed by atoms with Crippen LogP contribution in [0.1, 0.15) is 5.56 Å². The summed E-state index contributed by atoms with van der Waals surface area (Å²) in [4.78, 5) is 24.4. The molecule has 3 aromatic carbocycles. The summed E-state index contributed by atoms with van der Waals surface area (Å²) in [5.41, 5.74) is 2.26. The Kier molecular flexibility index (Phi) is 5.28. The number of carbonyl (C=O) groups excluding carboxylic acids is 1. The summed E-state index contributed by atoms with van der Waals surface area (Å²) in [6.45, 7) is 0. The first-order valence-corrected chi connectivity index (χ1v) is 10.9. The zero-order chi connectivity index (χ0) is 21.2. The molecule has 0 aliphatic carbocycles. The van der Waals surface area contributed by atoms with Gasteiger partial charge in [0.15, 0.2) is 10.3 Å². The molecule has 0 unspecified atom stereocenters. The molecule has 5 rings (SSSR count). The number of pyridine rings is 1. The fourth-order valence-corrected chi connectivity index (χ4v) is 4.58. The Balaban J connectivity index is 1.63. The van der Waals surface area contributed by atoms with E-state index in [0.29, 0.717) is 20.9 Å². The molecular weight excluding hydrogens is 426 g/mol. The molecule has 1 fully saturated rings. The van der Waals surface area contributed by atoms with Crippen LogP contribution in [-0.2, 0) is 4.79 Å². The quantitative estimate of drug-likeness (QED) is 0.262. The van der Waals surface area contributed by atoms with Gasteiger partial charge in [-0.05, 0) is 58.4 Å². The molecule has 0 atom stereocenters. The van der Waals surface area contributed by atoms with Crippen LogP contribution in [-0.4, -0.2) is 16.1 Å². The molecule has 1 saturated heterocycles. The number of para-hydroxylation sites is 1. The number of rotatable bonds is 3. The van der Waals surface area contributed by atoms with E-state index >= 15 is 0 Å². The topological polar surface area (TPSA) is 45.6 Å². The minimum absolute atomic E-state index is 0.122. The van der Waals surface area contributed by atoms with Crippen LogP contribution >= 0.6 is 23.4 Å². The fourth-order valence-electron chi connectivity index (χ4n) is 3.44. The van der Waals surface area contributed by atoms with Crippen molar-refractivity contribution in [3.8, 4) is 0 Å². The Hall–Kier alpha value is -3.41. The summed E-state index contributed by atoms with van der Waals surface area (Å²) in [7, 11) is 0. The van der Waals surface area contributed by atoms with E-state index in [1.54, 1.807) is 23.2 Å². The van der Waals surface area contributed by atoms with Crippen LogP contribution in [0.15, 0.2) is 101 Å². The van der Waals surface area contributed by atoms with Crippen LogP contribution in [0.5, 0.6) is 0 Å². The lowest BCUT2D eigenvalue weighted by molar-refractivity contribution is -0.113. The van der Waals surface area contributed by atoms with Crippen molar-refractivity contribution in [2.45, 2.75) is 0 Å². The second-order valence-corrected chi connectivity index (χ2v) is 8.23. The lowest BCUT2D eigenvalue weighted by Crippen LogP contribution is -2.28. The molecule has 1 aliphatic rings. The largest absolute Gasteiger partial charge is 0.271 e. The molecular formula is C25H16ClN3OS. The minimum atomic E-state index is -0.122. The van der Waals surface area contributed by atoms with Crippen molar-refractivity contribution >= 4 is 62.7 Å². The third-order valence-corrected chi connectivity index (χ3v) is 6.15. The number of aliphatic imine (C=N–C) groups is 1. The molecule has 31 heavy (non-hydrogen) atoms. The molecule has 6 heteroatoms. The number of anilines is 1. The monoisotopic (exact) mass is 441 g/mol. The SMILES string of the molecule is O=C1/C(=C/c2cccc3ccccc23)SC(=Nc2cccnc2Cl)N1c1ccccc1. The Morgan fingerprint density at radius 1 is 0.903 bits per heavy atom. The van der Waals surface area contributed by atoms with Gasteiger partial charge in [0, 0.05) is 6.20 Å². The molecule has 1 amide bonds. The van der Waals surface area contributed by atoms with Crippen LogP contribution in [0.2, 0.25) is 5.15 Å². The first-order valence-electron chi connectivity index (χ1n) is 9.67. The lowest BCUT2D eigenvalue weighted by atomic mass is 10.0. The third-order valence-electron chi connectivity index (χ3n) is 4.89. The summed E-state index contributed by atoms with van der Waals surface area (Å²) < 4.78 is 0. The summed E-state index contributed by atoms with van der Waals surface area (Å²) in [6, 6.07) is 27.3. The molecule has 2 heterocycles. The van der Waals surface area contributed by atoms with Crippen molar-refractivity contribution in [1.29, 1.82) is 0 Å². The van der Waals surface area contributed by atoms with Crippen LogP contribution < -0.4 is 4.90 Å². The molecule has 0 saturated carbocycles. The molecule has 4 nitrogen and oxygen atoms in total. The summed E-state index contributed by atoms with van der Waals surface area (Å²) in [5, 5.41) is 3.06. The number of hydrogen-bond donors (Lipinski definition) is 0. The number of fused-ring (bicyclic) bond motifs is 1. The molecule has 0 radical (unpaired) electrons. The van der Waals surface area contributed by atoms with E-state index in [9.17, 15) is 4.79 Å². The van der Waals surface area contributed by atoms with Crippen molar-refractivity contribution in [3.05, 3.63) is 107 Å². The Morgan fingerprint density at radius 2 is 1.68 bits per heavy atom. The van der Waals surface area contributed by atoms with Gasteiger partial charge in [-0.25, -0.2) is 9.98 Å². The first-order chi connectivity index (χ1) is 15.2. The van der Waals surface area contributed by atoms with Crippen molar-refractivity contribution in [1.82, 2.24) is 4.98 Å². The van der Waals surface area contributed by atoms with Gasteiger partial charge in [-0.3, -0.25) is 9.69 Å². The predicted molar refractivity (Wildman–Crippen MR) is 130 cm³/mol. The van der Waals surface area contributed by atoms with Gasteiger partial charge in [-0.2, -0.15) is 0 Å². The van der Waals surface area contributed by atoms with Crippen molar-refractivity contribution < 1.29 is 4.79 Å². The summed E-state index contributed by atoms with van der Waals surface area (Å²) in [5.74, 6) is -0.122. The van der Waals surface area contributed by atoms with Gasteiger partial charge in [0.1, 0.15) is 5.69 Å². The average Bonchev–Trinajstić information content (AvgIpc) is 3.11. The summed E-state index contributed by atoms with van der Waals surface area (Å²) >= 11 is 7.55. The van der Waals surface area contributed by atoms with E-state index in [1.807, 2.05) is 60.7 Å². The van der Waals surface area contributed by atoms with E-state index in [1.165, 1.54) is 11.8 Å². The Bertz CT molecular complexity index is 1350. The zero-order valence-electron chi connectivity index (χ0n) is 16.3. The van der Waals surface area contributed by atoms with E-state index in [0.717, 1.165) is 22.0 Å². The van der Waals surface area contributed by atoms with E-state index < -0.39 is 0 Å². The van der Waals surface area contributed by atoms with Gasteiger partial charge in [0.25, 0.3) is 5.91 Å². The minimum Gasteiger partial charge on any atom is -0.268 e. The lowest BCUT2D eigenvalue weighted by Gasteiger charge is -2.15. The number of thioether (sulfide) groups is 1. The number of hydrogen-bond acceptors (Lipinski definition) is 4.